The average Bonchev–Trinajstić information content (AvgIpc) is 3.59. The standard InChI is InChI=1S/C28H24FNO6/c1-15-19-5-3-18(13-26(19)36-30-15)34-23-10-8-22(29)28-21(23)7-9-24(28)35-17-4-6-20-16(11-27(31)32-2)14-33-25(20)12-17/h3-6,8,10,12-13,16,24H,7,9,11,14H2,1-2H3/t16-,24-/m1/s1. The van der Waals surface area contributed by atoms with E-state index in [0.717, 1.165) is 22.2 Å². The van der Waals surface area contributed by atoms with Crippen LogP contribution in [0.3, 0.4) is 0 Å². The third-order valence-corrected chi connectivity index (χ3v) is 6.87. The number of rotatable bonds is 6. The molecule has 3 aromatic carbocycles. The first-order valence-electron chi connectivity index (χ1n) is 11.9. The first kappa shape index (κ1) is 22.4. The van der Waals surface area contributed by atoms with Gasteiger partial charge in [-0.3, -0.25) is 4.79 Å². The van der Waals surface area contributed by atoms with Gasteiger partial charge >= 0.3 is 5.97 Å². The van der Waals surface area contributed by atoms with Gasteiger partial charge in [-0.1, -0.05) is 11.2 Å². The van der Waals surface area contributed by atoms with Gasteiger partial charge in [0.2, 0.25) is 0 Å². The largest absolute Gasteiger partial charge is 0.492 e. The Morgan fingerprint density at radius 2 is 2.00 bits per heavy atom. The first-order valence-corrected chi connectivity index (χ1v) is 11.9. The van der Waals surface area contributed by atoms with E-state index in [1.807, 2.05) is 31.2 Å². The molecule has 2 atom stereocenters. The van der Waals surface area contributed by atoms with Crippen molar-refractivity contribution in [3.8, 4) is 23.0 Å². The maximum atomic E-state index is 15.0. The Hall–Kier alpha value is -4.07. The van der Waals surface area contributed by atoms with Crippen LogP contribution in [0.5, 0.6) is 23.0 Å². The summed E-state index contributed by atoms with van der Waals surface area (Å²) in [6.07, 6.45) is 1.06. The summed E-state index contributed by atoms with van der Waals surface area (Å²) in [6.45, 7) is 2.29. The molecule has 0 bridgehead atoms. The summed E-state index contributed by atoms with van der Waals surface area (Å²) in [5.74, 6) is 1.80. The second-order valence-electron chi connectivity index (χ2n) is 9.10. The molecule has 6 rings (SSSR count). The van der Waals surface area contributed by atoms with Gasteiger partial charge in [0, 0.05) is 40.1 Å². The molecule has 0 N–H and O–H groups in total. The van der Waals surface area contributed by atoms with Gasteiger partial charge in [0.05, 0.1) is 25.8 Å². The Bertz CT molecular complexity index is 1480. The number of aromatic nitrogens is 1. The zero-order valence-corrected chi connectivity index (χ0v) is 19.9. The van der Waals surface area contributed by atoms with Gasteiger partial charge in [-0.2, -0.15) is 0 Å². The number of esters is 1. The number of hydrogen-bond donors (Lipinski definition) is 0. The monoisotopic (exact) mass is 489 g/mol. The van der Waals surface area contributed by atoms with Crippen molar-refractivity contribution in [1.82, 2.24) is 5.16 Å². The van der Waals surface area contributed by atoms with E-state index in [4.69, 9.17) is 23.5 Å². The molecule has 0 saturated heterocycles. The molecule has 4 aromatic rings. The van der Waals surface area contributed by atoms with Gasteiger partial charge in [0.1, 0.15) is 34.9 Å². The SMILES string of the molecule is COC(=O)C[C@@H]1COc2cc(O[C@@H]3CCc4c(Oc5ccc6c(C)noc6c5)ccc(F)c43)ccc21. The van der Waals surface area contributed by atoms with E-state index in [-0.39, 0.29) is 24.1 Å². The maximum Gasteiger partial charge on any atom is 0.306 e. The lowest BCUT2D eigenvalue weighted by Gasteiger charge is -2.17. The number of methoxy groups -OCH3 is 1. The van der Waals surface area contributed by atoms with E-state index in [9.17, 15) is 9.18 Å². The van der Waals surface area contributed by atoms with Crippen molar-refractivity contribution >= 4 is 16.9 Å². The summed E-state index contributed by atoms with van der Waals surface area (Å²) in [7, 11) is 1.38. The van der Waals surface area contributed by atoms with Crippen LogP contribution < -0.4 is 14.2 Å². The molecule has 7 nitrogen and oxygen atoms in total. The third kappa shape index (κ3) is 3.92. The molecular weight excluding hydrogens is 465 g/mol. The molecule has 0 amide bonds. The highest BCUT2D eigenvalue weighted by molar-refractivity contribution is 5.80. The highest BCUT2D eigenvalue weighted by atomic mass is 19.1. The van der Waals surface area contributed by atoms with E-state index >= 15 is 0 Å². The van der Waals surface area contributed by atoms with Crippen molar-refractivity contribution in [1.29, 1.82) is 0 Å². The molecule has 0 saturated carbocycles. The summed E-state index contributed by atoms with van der Waals surface area (Å²) in [4.78, 5) is 11.7. The molecule has 2 heterocycles. The minimum Gasteiger partial charge on any atom is -0.492 e. The van der Waals surface area contributed by atoms with Crippen molar-refractivity contribution < 1.29 is 32.7 Å². The molecular formula is C28H24FNO6. The van der Waals surface area contributed by atoms with Crippen molar-refractivity contribution in [2.75, 3.05) is 13.7 Å². The van der Waals surface area contributed by atoms with Crippen LogP contribution in [0.25, 0.3) is 11.0 Å². The normalized spacial score (nSPS) is 18.0. The molecule has 2 aliphatic rings. The van der Waals surface area contributed by atoms with Crippen molar-refractivity contribution in [2.24, 2.45) is 0 Å². The van der Waals surface area contributed by atoms with Crippen LogP contribution in [0.15, 0.2) is 53.1 Å². The van der Waals surface area contributed by atoms with Crippen LogP contribution in [0.1, 0.15) is 47.2 Å². The van der Waals surface area contributed by atoms with Crippen LogP contribution >= 0.6 is 0 Å². The Morgan fingerprint density at radius 1 is 1.14 bits per heavy atom. The highest BCUT2D eigenvalue weighted by Crippen LogP contribution is 2.44. The third-order valence-electron chi connectivity index (χ3n) is 6.87. The van der Waals surface area contributed by atoms with Crippen LogP contribution in [-0.2, 0) is 16.0 Å². The molecule has 0 spiro atoms. The minimum absolute atomic E-state index is 0.0500. The fraction of sp³-hybridized carbons (Fsp3) is 0.286. The molecule has 8 heteroatoms. The number of halogens is 1. The number of benzene rings is 3. The number of hydrogen-bond acceptors (Lipinski definition) is 7. The zero-order valence-electron chi connectivity index (χ0n) is 19.9. The molecule has 1 aliphatic heterocycles. The maximum absolute atomic E-state index is 15.0. The van der Waals surface area contributed by atoms with Crippen LogP contribution in [0.2, 0.25) is 0 Å². The number of carbonyl (C=O) groups excluding carboxylic acids is 1. The fourth-order valence-electron chi connectivity index (χ4n) is 5.04. The lowest BCUT2D eigenvalue weighted by atomic mass is 9.98. The van der Waals surface area contributed by atoms with Gasteiger partial charge in [-0.15, -0.1) is 0 Å². The summed E-state index contributed by atoms with van der Waals surface area (Å²) < 4.78 is 43.2. The molecule has 1 aliphatic carbocycles. The molecule has 0 radical (unpaired) electrons. The summed E-state index contributed by atoms with van der Waals surface area (Å²) in [6, 6.07) is 14.1. The van der Waals surface area contributed by atoms with E-state index in [1.165, 1.54) is 13.2 Å². The Balaban J connectivity index is 1.22. The van der Waals surface area contributed by atoms with E-state index in [2.05, 4.69) is 5.16 Å². The minimum atomic E-state index is -0.451. The molecule has 0 fully saturated rings. The van der Waals surface area contributed by atoms with E-state index in [0.29, 0.717) is 53.6 Å². The lowest BCUT2D eigenvalue weighted by molar-refractivity contribution is -0.141. The fourth-order valence-corrected chi connectivity index (χ4v) is 5.04. The molecule has 1 aromatic heterocycles. The number of carbonyl (C=O) groups is 1. The average molecular weight is 489 g/mol. The van der Waals surface area contributed by atoms with Gasteiger partial charge in [-0.25, -0.2) is 4.39 Å². The summed E-state index contributed by atoms with van der Waals surface area (Å²) in [5, 5.41) is 4.91. The summed E-state index contributed by atoms with van der Waals surface area (Å²) in [5.41, 5.74) is 3.70. The van der Waals surface area contributed by atoms with Gasteiger partial charge < -0.3 is 23.5 Å². The van der Waals surface area contributed by atoms with Crippen LogP contribution in [0, 0.1) is 12.7 Å². The quantitative estimate of drug-likeness (QED) is 0.300. The number of ether oxygens (including phenoxy) is 4. The summed E-state index contributed by atoms with van der Waals surface area (Å²) >= 11 is 0. The number of nitrogens with zero attached hydrogens (tertiary/aromatic N) is 1. The first-order chi connectivity index (χ1) is 17.5. The number of aryl methyl sites for hydroxylation is 1. The van der Waals surface area contributed by atoms with E-state index in [1.54, 1.807) is 18.2 Å². The van der Waals surface area contributed by atoms with E-state index < -0.39 is 6.10 Å². The molecule has 0 unspecified atom stereocenters. The second kappa shape index (κ2) is 8.86. The van der Waals surface area contributed by atoms with Gasteiger partial charge in [0.25, 0.3) is 0 Å². The highest BCUT2D eigenvalue weighted by Gasteiger charge is 2.32. The smallest absolute Gasteiger partial charge is 0.306 e. The zero-order chi connectivity index (χ0) is 24.8. The Morgan fingerprint density at radius 3 is 2.86 bits per heavy atom. The predicted octanol–water partition coefficient (Wildman–Crippen LogP) is 6.17. The van der Waals surface area contributed by atoms with Crippen molar-refractivity contribution in [3.05, 3.63) is 76.7 Å². The van der Waals surface area contributed by atoms with Crippen molar-refractivity contribution in [3.63, 3.8) is 0 Å². The van der Waals surface area contributed by atoms with Crippen LogP contribution in [0.4, 0.5) is 4.39 Å². The lowest BCUT2D eigenvalue weighted by Crippen LogP contribution is -2.09. The Labute approximate surface area is 206 Å². The Kier molecular flexibility index (Phi) is 5.51. The van der Waals surface area contributed by atoms with Crippen LogP contribution in [-0.4, -0.2) is 24.8 Å². The molecule has 36 heavy (non-hydrogen) atoms. The van der Waals surface area contributed by atoms with Gasteiger partial charge in [0.15, 0.2) is 5.58 Å². The van der Waals surface area contributed by atoms with Crippen molar-refractivity contribution in [2.45, 2.75) is 38.2 Å². The number of fused-ring (bicyclic) bond motifs is 3. The second-order valence-corrected chi connectivity index (χ2v) is 9.10. The van der Waals surface area contributed by atoms with Gasteiger partial charge in [-0.05, 0) is 50.1 Å². The predicted molar refractivity (Wildman–Crippen MR) is 128 cm³/mol. The topological polar surface area (TPSA) is 80.0 Å². The molecule has 184 valence electrons.